The van der Waals surface area contributed by atoms with Gasteiger partial charge in [-0.1, -0.05) is 11.2 Å². The number of anilines is 1. The Morgan fingerprint density at radius 2 is 2.32 bits per heavy atom. The number of hydrogen-bond donors (Lipinski definition) is 3. The zero-order valence-corrected chi connectivity index (χ0v) is 10.6. The lowest BCUT2D eigenvalue weighted by Crippen LogP contribution is -2.20. The molecule has 0 saturated carbocycles. The Labute approximate surface area is 111 Å². The maximum Gasteiger partial charge on any atom is 0.226 e. The van der Waals surface area contributed by atoms with Crippen LogP contribution in [0.2, 0.25) is 0 Å². The number of amidine groups is 1. The van der Waals surface area contributed by atoms with Crippen molar-refractivity contribution in [2.45, 2.75) is 6.42 Å². The summed E-state index contributed by atoms with van der Waals surface area (Å²) in [6.45, 7) is 0.336. The second kappa shape index (κ2) is 7.93. The van der Waals surface area contributed by atoms with Crippen molar-refractivity contribution >= 4 is 17.4 Å². The zero-order chi connectivity index (χ0) is 14.1. The van der Waals surface area contributed by atoms with Crippen LogP contribution in [-0.2, 0) is 9.53 Å². The van der Waals surface area contributed by atoms with Crippen molar-refractivity contribution < 1.29 is 19.5 Å². The number of methoxy groups -OCH3 is 1. The number of hydrogen-bond acceptors (Lipinski definition) is 5. The van der Waals surface area contributed by atoms with Crippen LogP contribution in [0.5, 0.6) is 5.75 Å². The van der Waals surface area contributed by atoms with Crippen LogP contribution in [0.3, 0.4) is 0 Å². The number of rotatable bonds is 7. The Balaban J connectivity index is 2.54. The first-order valence-corrected chi connectivity index (χ1v) is 5.63. The molecule has 0 bridgehead atoms. The van der Waals surface area contributed by atoms with Crippen LogP contribution in [-0.4, -0.2) is 37.3 Å². The molecule has 0 aliphatic carbocycles. The number of carbonyl (C=O) groups is 1. The van der Waals surface area contributed by atoms with Crippen LogP contribution >= 0.6 is 0 Å². The number of benzene rings is 1. The Morgan fingerprint density at radius 3 is 3.00 bits per heavy atom. The molecular weight excluding hydrogens is 250 g/mol. The molecule has 1 aromatic rings. The van der Waals surface area contributed by atoms with Crippen molar-refractivity contribution in [1.29, 1.82) is 0 Å². The van der Waals surface area contributed by atoms with E-state index in [0.717, 1.165) is 0 Å². The van der Waals surface area contributed by atoms with E-state index in [1.807, 2.05) is 0 Å². The molecular formula is C12H17N3O4. The van der Waals surface area contributed by atoms with Crippen molar-refractivity contribution in [2.24, 2.45) is 10.9 Å². The summed E-state index contributed by atoms with van der Waals surface area (Å²) in [5, 5.41) is 13.9. The normalized spacial score (nSPS) is 11.1. The summed E-state index contributed by atoms with van der Waals surface area (Å²) in [7, 11) is 1.54. The third-order valence-corrected chi connectivity index (χ3v) is 2.17. The maximum atomic E-state index is 11.5. The number of oxime groups is 1. The summed E-state index contributed by atoms with van der Waals surface area (Å²) in [4.78, 5) is 11.5. The third kappa shape index (κ3) is 5.73. The Bertz CT molecular complexity index is 448. The summed E-state index contributed by atoms with van der Waals surface area (Å²) < 4.78 is 10.1. The van der Waals surface area contributed by atoms with Crippen molar-refractivity contribution in [3.63, 3.8) is 0 Å². The van der Waals surface area contributed by atoms with Crippen molar-refractivity contribution in [1.82, 2.24) is 0 Å². The quantitative estimate of drug-likeness (QED) is 0.293. The van der Waals surface area contributed by atoms with Gasteiger partial charge in [-0.05, 0) is 12.1 Å². The fourth-order valence-corrected chi connectivity index (χ4v) is 1.27. The maximum absolute atomic E-state index is 11.5. The van der Waals surface area contributed by atoms with Crippen molar-refractivity contribution in [2.75, 3.05) is 25.6 Å². The first kappa shape index (κ1) is 14.8. The first-order chi connectivity index (χ1) is 9.15. The molecule has 1 amide bonds. The van der Waals surface area contributed by atoms with Gasteiger partial charge in [0, 0.05) is 18.9 Å². The van der Waals surface area contributed by atoms with E-state index < -0.39 is 0 Å². The highest BCUT2D eigenvalue weighted by Crippen LogP contribution is 2.17. The predicted octanol–water partition coefficient (Wildman–Crippen LogP) is 0.787. The average molecular weight is 267 g/mol. The number of amides is 1. The second-order valence-corrected chi connectivity index (χ2v) is 3.70. The molecule has 7 heteroatoms. The fraction of sp³-hybridized carbons (Fsp3) is 0.333. The van der Waals surface area contributed by atoms with Gasteiger partial charge in [-0.25, -0.2) is 0 Å². The second-order valence-electron chi connectivity index (χ2n) is 3.70. The Morgan fingerprint density at radius 1 is 1.53 bits per heavy atom. The van der Waals surface area contributed by atoms with E-state index in [9.17, 15) is 4.79 Å². The fourth-order valence-electron chi connectivity index (χ4n) is 1.27. The Kier molecular flexibility index (Phi) is 6.17. The highest BCUT2D eigenvalue weighted by Gasteiger charge is 2.03. The highest BCUT2D eigenvalue weighted by molar-refractivity contribution is 5.91. The summed E-state index contributed by atoms with van der Waals surface area (Å²) in [6.07, 6.45) is 0.283. The summed E-state index contributed by atoms with van der Waals surface area (Å²) in [6, 6.07) is 6.82. The minimum absolute atomic E-state index is 0.0302. The lowest BCUT2D eigenvalue weighted by atomic mass is 10.3. The average Bonchev–Trinajstić information content (AvgIpc) is 2.43. The van der Waals surface area contributed by atoms with Gasteiger partial charge >= 0.3 is 0 Å². The topological polar surface area (TPSA) is 106 Å². The van der Waals surface area contributed by atoms with Gasteiger partial charge in [0.25, 0.3) is 0 Å². The molecule has 0 aromatic heterocycles. The van der Waals surface area contributed by atoms with E-state index in [1.54, 1.807) is 24.3 Å². The summed E-state index contributed by atoms with van der Waals surface area (Å²) in [5.74, 6) is 0.334. The molecule has 0 atom stereocenters. The van der Waals surface area contributed by atoms with Gasteiger partial charge in [-0.2, -0.15) is 0 Å². The lowest BCUT2D eigenvalue weighted by Gasteiger charge is -2.08. The molecule has 0 fully saturated rings. The molecule has 0 aliphatic rings. The number of nitrogens with two attached hydrogens (primary N) is 1. The van der Waals surface area contributed by atoms with Gasteiger partial charge in [0.05, 0.1) is 13.0 Å². The molecule has 0 heterocycles. The van der Waals surface area contributed by atoms with E-state index in [0.29, 0.717) is 18.0 Å². The molecule has 0 aliphatic heterocycles. The van der Waals surface area contributed by atoms with Crippen LogP contribution in [0.4, 0.5) is 5.69 Å². The van der Waals surface area contributed by atoms with Gasteiger partial charge < -0.3 is 25.7 Å². The van der Waals surface area contributed by atoms with E-state index >= 15 is 0 Å². The predicted molar refractivity (Wildman–Crippen MR) is 70.5 cm³/mol. The minimum atomic E-state index is -0.143. The molecule has 1 rings (SSSR count). The monoisotopic (exact) mass is 267 g/mol. The highest BCUT2D eigenvalue weighted by atomic mass is 16.5. The van der Waals surface area contributed by atoms with E-state index in [-0.39, 0.29) is 24.8 Å². The van der Waals surface area contributed by atoms with Crippen LogP contribution in [0.15, 0.2) is 29.4 Å². The van der Waals surface area contributed by atoms with Gasteiger partial charge in [0.15, 0.2) is 5.84 Å². The first-order valence-electron chi connectivity index (χ1n) is 5.63. The number of nitrogens with zero attached hydrogens (tertiary/aromatic N) is 1. The summed E-state index contributed by atoms with van der Waals surface area (Å²) in [5.41, 5.74) is 5.90. The van der Waals surface area contributed by atoms with Crippen molar-refractivity contribution in [3.05, 3.63) is 24.3 Å². The van der Waals surface area contributed by atoms with E-state index in [4.69, 9.17) is 20.4 Å². The standard InChI is InChI=1S/C12H17N3O4/c1-18-6-5-12(16)14-9-3-2-4-10(7-9)19-8-11(13)15-17/h2-4,7,17H,5-6,8H2,1H3,(H2,13,15)(H,14,16). The van der Waals surface area contributed by atoms with Gasteiger partial charge in [0.1, 0.15) is 12.4 Å². The van der Waals surface area contributed by atoms with Gasteiger partial charge in [0.2, 0.25) is 5.91 Å². The number of ether oxygens (including phenoxy) is 2. The summed E-state index contributed by atoms with van der Waals surface area (Å²) >= 11 is 0. The SMILES string of the molecule is COCCC(=O)Nc1cccc(OC/C(N)=N/O)c1. The smallest absolute Gasteiger partial charge is 0.226 e. The number of nitrogens with one attached hydrogen (secondary N) is 1. The third-order valence-electron chi connectivity index (χ3n) is 2.17. The molecule has 7 nitrogen and oxygen atoms in total. The van der Waals surface area contributed by atoms with Crippen LogP contribution < -0.4 is 15.8 Å². The molecule has 0 saturated heterocycles. The molecule has 0 unspecified atom stereocenters. The number of carbonyl (C=O) groups excluding carboxylic acids is 1. The largest absolute Gasteiger partial charge is 0.485 e. The van der Waals surface area contributed by atoms with Crippen molar-refractivity contribution in [3.8, 4) is 5.75 Å². The lowest BCUT2D eigenvalue weighted by molar-refractivity contribution is -0.117. The van der Waals surface area contributed by atoms with E-state index in [2.05, 4.69) is 10.5 Å². The minimum Gasteiger partial charge on any atom is -0.485 e. The molecule has 1 aromatic carbocycles. The molecule has 4 N–H and O–H groups in total. The van der Waals surface area contributed by atoms with Gasteiger partial charge in [-0.3, -0.25) is 4.79 Å². The zero-order valence-electron chi connectivity index (χ0n) is 10.6. The van der Waals surface area contributed by atoms with E-state index in [1.165, 1.54) is 7.11 Å². The van der Waals surface area contributed by atoms with Gasteiger partial charge in [-0.15, -0.1) is 0 Å². The van der Waals surface area contributed by atoms with Crippen LogP contribution in [0.1, 0.15) is 6.42 Å². The van der Waals surface area contributed by atoms with Crippen LogP contribution in [0, 0.1) is 0 Å². The molecule has 19 heavy (non-hydrogen) atoms. The molecule has 0 spiro atoms. The molecule has 0 radical (unpaired) electrons. The Hall–Kier alpha value is -2.28. The van der Waals surface area contributed by atoms with Crippen LogP contribution in [0.25, 0.3) is 0 Å². The molecule has 104 valence electrons.